The van der Waals surface area contributed by atoms with Crippen LogP contribution in [0.4, 0.5) is 0 Å². The first-order chi connectivity index (χ1) is 7.63. The van der Waals surface area contributed by atoms with Crippen molar-refractivity contribution in [3.63, 3.8) is 0 Å². The standard InChI is InChI=1S/C11H13NO4/c1-12-11(14)10(13)8-5-4-7(15-2)6-9(8)16-3/h4-6H,1-3H3,(H,12,14). The van der Waals surface area contributed by atoms with E-state index in [0.29, 0.717) is 11.5 Å². The van der Waals surface area contributed by atoms with Crippen molar-refractivity contribution in [1.82, 2.24) is 5.32 Å². The first-order valence-corrected chi connectivity index (χ1v) is 4.62. The van der Waals surface area contributed by atoms with E-state index in [4.69, 9.17) is 9.47 Å². The average Bonchev–Trinajstić information content (AvgIpc) is 2.35. The molecule has 0 bridgehead atoms. The van der Waals surface area contributed by atoms with Crippen LogP contribution in [0.15, 0.2) is 18.2 Å². The third-order valence-electron chi connectivity index (χ3n) is 2.09. The highest BCUT2D eigenvalue weighted by molar-refractivity contribution is 6.43. The monoisotopic (exact) mass is 223 g/mol. The number of carbonyl (C=O) groups is 2. The second-order valence-electron chi connectivity index (χ2n) is 2.97. The summed E-state index contributed by atoms with van der Waals surface area (Å²) in [4.78, 5) is 22.8. The van der Waals surface area contributed by atoms with Gasteiger partial charge in [-0.25, -0.2) is 0 Å². The maximum absolute atomic E-state index is 11.6. The molecule has 0 unspecified atom stereocenters. The SMILES string of the molecule is CNC(=O)C(=O)c1ccc(OC)cc1OC. The van der Waals surface area contributed by atoms with Crippen molar-refractivity contribution in [3.8, 4) is 11.5 Å². The molecule has 0 aliphatic carbocycles. The summed E-state index contributed by atoms with van der Waals surface area (Å²) >= 11 is 0. The number of methoxy groups -OCH3 is 2. The van der Waals surface area contributed by atoms with Crippen molar-refractivity contribution in [2.24, 2.45) is 0 Å². The molecule has 5 nitrogen and oxygen atoms in total. The zero-order chi connectivity index (χ0) is 12.1. The number of ether oxygens (including phenoxy) is 2. The van der Waals surface area contributed by atoms with Gasteiger partial charge in [0.1, 0.15) is 11.5 Å². The van der Waals surface area contributed by atoms with E-state index in [9.17, 15) is 9.59 Å². The van der Waals surface area contributed by atoms with E-state index in [0.717, 1.165) is 0 Å². The number of ketones is 1. The molecule has 0 fully saturated rings. The van der Waals surface area contributed by atoms with E-state index < -0.39 is 11.7 Å². The van der Waals surface area contributed by atoms with Crippen LogP contribution in [-0.4, -0.2) is 33.0 Å². The zero-order valence-electron chi connectivity index (χ0n) is 9.37. The van der Waals surface area contributed by atoms with Gasteiger partial charge in [0, 0.05) is 13.1 Å². The lowest BCUT2D eigenvalue weighted by Crippen LogP contribution is -2.27. The number of amides is 1. The molecule has 0 saturated heterocycles. The molecule has 1 amide bonds. The summed E-state index contributed by atoms with van der Waals surface area (Å²) < 4.78 is 10.0. The van der Waals surface area contributed by atoms with Gasteiger partial charge in [-0.3, -0.25) is 9.59 Å². The van der Waals surface area contributed by atoms with Crippen molar-refractivity contribution in [3.05, 3.63) is 23.8 Å². The summed E-state index contributed by atoms with van der Waals surface area (Å²) in [5, 5.41) is 2.27. The topological polar surface area (TPSA) is 64.6 Å². The van der Waals surface area contributed by atoms with Gasteiger partial charge >= 0.3 is 0 Å². The van der Waals surface area contributed by atoms with Crippen LogP contribution in [0, 0.1) is 0 Å². The normalized spacial score (nSPS) is 9.44. The maximum atomic E-state index is 11.6. The minimum absolute atomic E-state index is 0.211. The van der Waals surface area contributed by atoms with Crippen LogP contribution in [0.1, 0.15) is 10.4 Å². The number of hydrogen-bond acceptors (Lipinski definition) is 4. The fourth-order valence-electron chi connectivity index (χ4n) is 1.22. The first-order valence-electron chi connectivity index (χ1n) is 4.62. The number of rotatable bonds is 4. The van der Waals surface area contributed by atoms with Crippen LogP contribution >= 0.6 is 0 Å². The fraction of sp³-hybridized carbons (Fsp3) is 0.273. The lowest BCUT2D eigenvalue weighted by Gasteiger charge is -2.08. The minimum Gasteiger partial charge on any atom is -0.497 e. The lowest BCUT2D eigenvalue weighted by molar-refractivity contribution is -0.116. The van der Waals surface area contributed by atoms with Gasteiger partial charge in [-0.2, -0.15) is 0 Å². The van der Waals surface area contributed by atoms with E-state index in [1.165, 1.54) is 27.3 Å². The summed E-state index contributed by atoms with van der Waals surface area (Å²) in [7, 11) is 4.33. The van der Waals surface area contributed by atoms with Crippen molar-refractivity contribution >= 4 is 11.7 Å². The third kappa shape index (κ3) is 2.31. The average molecular weight is 223 g/mol. The van der Waals surface area contributed by atoms with E-state index in [2.05, 4.69) is 5.32 Å². The van der Waals surface area contributed by atoms with Crippen molar-refractivity contribution in [2.75, 3.05) is 21.3 Å². The van der Waals surface area contributed by atoms with Gasteiger partial charge in [-0.1, -0.05) is 0 Å². The molecule has 1 aromatic carbocycles. The Morgan fingerprint density at radius 1 is 1.19 bits per heavy atom. The molecule has 5 heteroatoms. The number of likely N-dealkylation sites (N-methyl/N-ethyl adjacent to an activating group) is 1. The van der Waals surface area contributed by atoms with E-state index >= 15 is 0 Å². The van der Waals surface area contributed by atoms with Crippen LogP contribution in [0.3, 0.4) is 0 Å². The van der Waals surface area contributed by atoms with Gasteiger partial charge in [0.2, 0.25) is 0 Å². The second-order valence-corrected chi connectivity index (χ2v) is 2.97. The van der Waals surface area contributed by atoms with Crippen LogP contribution in [-0.2, 0) is 4.79 Å². The zero-order valence-corrected chi connectivity index (χ0v) is 9.37. The smallest absolute Gasteiger partial charge is 0.292 e. The lowest BCUT2D eigenvalue weighted by atomic mass is 10.1. The predicted molar refractivity (Wildman–Crippen MR) is 57.9 cm³/mol. The van der Waals surface area contributed by atoms with Crippen molar-refractivity contribution in [2.45, 2.75) is 0 Å². The second kappa shape index (κ2) is 5.16. The fourth-order valence-corrected chi connectivity index (χ4v) is 1.22. The largest absolute Gasteiger partial charge is 0.497 e. The summed E-state index contributed by atoms with van der Waals surface area (Å²) in [5.74, 6) is -0.441. The number of benzene rings is 1. The summed E-state index contributed by atoms with van der Waals surface area (Å²) in [6.45, 7) is 0. The molecule has 0 aromatic heterocycles. The Morgan fingerprint density at radius 2 is 1.88 bits per heavy atom. The molecule has 1 aromatic rings. The number of carbonyl (C=O) groups excluding carboxylic acids is 2. The van der Waals surface area contributed by atoms with Gasteiger partial charge in [-0.15, -0.1) is 0 Å². The van der Waals surface area contributed by atoms with Crippen LogP contribution < -0.4 is 14.8 Å². The molecular weight excluding hydrogens is 210 g/mol. The van der Waals surface area contributed by atoms with Crippen LogP contribution in [0.2, 0.25) is 0 Å². The number of nitrogens with one attached hydrogen (secondary N) is 1. The Morgan fingerprint density at radius 3 is 2.38 bits per heavy atom. The Bertz CT molecular complexity index is 414. The molecule has 16 heavy (non-hydrogen) atoms. The molecule has 0 radical (unpaired) electrons. The first kappa shape index (κ1) is 12.0. The highest BCUT2D eigenvalue weighted by Crippen LogP contribution is 2.24. The number of hydrogen-bond donors (Lipinski definition) is 1. The van der Waals surface area contributed by atoms with Crippen molar-refractivity contribution < 1.29 is 19.1 Å². The maximum Gasteiger partial charge on any atom is 0.292 e. The predicted octanol–water partition coefficient (Wildman–Crippen LogP) is 0.632. The van der Waals surface area contributed by atoms with Gasteiger partial charge in [0.25, 0.3) is 11.7 Å². The molecule has 0 saturated carbocycles. The van der Waals surface area contributed by atoms with Gasteiger partial charge in [0.05, 0.1) is 19.8 Å². The molecule has 86 valence electrons. The van der Waals surface area contributed by atoms with Crippen LogP contribution in [0.5, 0.6) is 11.5 Å². The van der Waals surface area contributed by atoms with E-state index in [-0.39, 0.29) is 5.56 Å². The summed E-state index contributed by atoms with van der Waals surface area (Å²) in [6.07, 6.45) is 0. The highest BCUT2D eigenvalue weighted by atomic mass is 16.5. The Kier molecular flexibility index (Phi) is 3.88. The van der Waals surface area contributed by atoms with E-state index in [1.807, 2.05) is 0 Å². The third-order valence-corrected chi connectivity index (χ3v) is 2.09. The molecular formula is C11H13NO4. The molecule has 0 atom stereocenters. The summed E-state index contributed by atoms with van der Waals surface area (Å²) in [5.41, 5.74) is 0.211. The highest BCUT2D eigenvalue weighted by Gasteiger charge is 2.19. The minimum atomic E-state index is -0.677. The van der Waals surface area contributed by atoms with E-state index in [1.54, 1.807) is 12.1 Å². The molecule has 1 N–H and O–H groups in total. The van der Waals surface area contributed by atoms with Gasteiger partial charge in [-0.05, 0) is 12.1 Å². The Hall–Kier alpha value is -2.04. The molecule has 0 aliphatic rings. The van der Waals surface area contributed by atoms with Gasteiger partial charge < -0.3 is 14.8 Å². The van der Waals surface area contributed by atoms with Crippen LogP contribution in [0.25, 0.3) is 0 Å². The Balaban J connectivity index is 3.13. The molecule has 0 spiro atoms. The Labute approximate surface area is 93.4 Å². The molecule has 0 aliphatic heterocycles. The quantitative estimate of drug-likeness (QED) is 0.600. The molecule has 1 rings (SSSR count). The summed E-state index contributed by atoms with van der Waals surface area (Å²) in [6, 6.07) is 4.64. The molecule has 0 heterocycles. The van der Waals surface area contributed by atoms with Gasteiger partial charge in [0.15, 0.2) is 0 Å². The number of Topliss-reactive ketones (excluding diaryl/α,β-unsaturated/α-hetero) is 1. The van der Waals surface area contributed by atoms with Crippen molar-refractivity contribution in [1.29, 1.82) is 0 Å².